The molecule has 1 saturated heterocycles. The van der Waals surface area contributed by atoms with Crippen LogP contribution in [0.1, 0.15) is 31.9 Å². The van der Waals surface area contributed by atoms with Crippen molar-refractivity contribution >= 4 is 8.32 Å². The third kappa shape index (κ3) is 6.73. The summed E-state index contributed by atoms with van der Waals surface area (Å²) in [5, 5.41) is 20.8. The Morgan fingerprint density at radius 1 is 0.818 bits per heavy atom. The standard InChI is InChI=1S/C26H38O6Si/c1-26(2,3)33(4,5)32-22-21(16-27)31-25(28)24(30-18-20-14-10-7-11-15-20)23(22)29-17-19-12-8-6-9-13-19/h6-15,21-25,27-28H,16-18H2,1-5H3/t21-,22+,23-,24+,25-/m0/s1. The molecular weight excluding hydrogens is 436 g/mol. The lowest BCUT2D eigenvalue weighted by atomic mass is 9.98. The number of aliphatic hydroxyl groups excluding tert-OH is 2. The zero-order chi connectivity index (χ0) is 24.1. The van der Waals surface area contributed by atoms with E-state index in [1.807, 2.05) is 60.7 Å². The van der Waals surface area contributed by atoms with Gasteiger partial charge in [0.05, 0.1) is 19.8 Å². The van der Waals surface area contributed by atoms with Crippen LogP contribution in [0.5, 0.6) is 0 Å². The number of benzene rings is 2. The van der Waals surface area contributed by atoms with E-state index in [-0.39, 0.29) is 11.6 Å². The van der Waals surface area contributed by atoms with Crippen LogP contribution in [-0.4, -0.2) is 55.8 Å². The highest BCUT2D eigenvalue weighted by molar-refractivity contribution is 6.74. The van der Waals surface area contributed by atoms with Gasteiger partial charge in [-0.15, -0.1) is 0 Å². The number of aliphatic hydroxyl groups is 2. The zero-order valence-electron chi connectivity index (χ0n) is 20.3. The molecule has 0 aromatic heterocycles. The second-order valence-corrected chi connectivity index (χ2v) is 14.9. The first-order valence-corrected chi connectivity index (χ1v) is 14.5. The Kier molecular flexibility index (Phi) is 8.86. The predicted octanol–water partition coefficient (Wildman–Crippen LogP) is 4.26. The van der Waals surface area contributed by atoms with Gasteiger partial charge in [-0.25, -0.2) is 0 Å². The Morgan fingerprint density at radius 3 is 1.76 bits per heavy atom. The molecular formula is C26H38O6Si. The molecule has 0 bridgehead atoms. The van der Waals surface area contributed by atoms with Gasteiger partial charge in [0.2, 0.25) is 0 Å². The summed E-state index contributed by atoms with van der Waals surface area (Å²) >= 11 is 0. The van der Waals surface area contributed by atoms with Crippen LogP contribution >= 0.6 is 0 Å². The number of hydrogen-bond acceptors (Lipinski definition) is 6. The smallest absolute Gasteiger partial charge is 0.192 e. The molecule has 0 amide bonds. The van der Waals surface area contributed by atoms with Crippen LogP contribution in [0.3, 0.4) is 0 Å². The molecule has 1 fully saturated rings. The van der Waals surface area contributed by atoms with Gasteiger partial charge in [-0.2, -0.15) is 0 Å². The van der Waals surface area contributed by atoms with Gasteiger partial charge < -0.3 is 28.8 Å². The summed E-state index contributed by atoms with van der Waals surface area (Å²) < 4.78 is 25.0. The van der Waals surface area contributed by atoms with Crippen LogP contribution in [0.25, 0.3) is 0 Å². The van der Waals surface area contributed by atoms with E-state index in [0.29, 0.717) is 13.2 Å². The lowest BCUT2D eigenvalue weighted by molar-refractivity contribution is -0.304. The number of rotatable bonds is 9. The van der Waals surface area contributed by atoms with Crippen molar-refractivity contribution in [2.45, 2.75) is 82.8 Å². The van der Waals surface area contributed by atoms with Crippen LogP contribution in [0.2, 0.25) is 18.1 Å². The average Bonchev–Trinajstić information content (AvgIpc) is 2.78. The molecule has 182 valence electrons. The molecule has 33 heavy (non-hydrogen) atoms. The van der Waals surface area contributed by atoms with E-state index >= 15 is 0 Å². The summed E-state index contributed by atoms with van der Waals surface area (Å²) in [5.41, 5.74) is 1.99. The Bertz CT molecular complexity index is 839. The fourth-order valence-corrected chi connectivity index (χ4v) is 4.92. The van der Waals surface area contributed by atoms with Gasteiger partial charge in [0.1, 0.15) is 24.4 Å². The largest absolute Gasteiger partial charge is 0.408 e. The predicted molar refractivity (Wildman–Crippen MR) is 130 cm³/mol. The summed E-state index contributed by atoms with van der Waals surface area (Å²) in [4.78, 5) is 0. The average molecular weight is 475 g/mol. The SMILES string of the molecule is CC(C)(C)[Si](C)(C)O[C@H]1[C@H](OCc2ccccc2)[C@@H](OCc2ccccc2)[C@@H](O)O[C@H]1CO. The number of ether oxygens (including phenoxy) is 3. The second kappa shape index (κ2) is 11.2. The van der Waals surface area contributed by atoms with E-state index in [1.54, 1.807) is 0 Å². The molecule has 6 nitrogen and oxygen atoms in total. The molecule has 0 spiro atoms. The quantitative estimate of drug-likeness (QED) is 0.529. The van der Waals surface area contributed by atoms with Crippen LogP contribution in [0, 0.1) is 0 Å². The van der Waals surface area contributed by atoms with Gasteiger partial charge >= 0.3 is 0 Å². The Morgan fingerprint density at radius 2 is 1.30 bits per heavy atom. The van der Waals surface area contributed by atoms with Gasteiger partial charge in [0.25, 0.3) is 0 Å². The van der Waals surface area contributed by atoms with Crippen LogP contribution < -0.4 is 0 Å². The van der Waals surface area contributed by atoms with E-state index in [1.165, 1.54) is 0 Å². The normalized spacial score (nSPS) is 26.3. The third-order valence-corrected chi connectivity index (χ3v) is 11.1. The topological polar surface area (TPSA) is 77.4 Å². The minimum Gasteiger partial charge on any atom is -0.408 e. The van der Waals surface area contributed by atoms with Crippen LogP contribution in [-0.2, 0) is 31.9 Å². The summed E-state index contributed by atoms with van der Waals surface area (Å²) in [6.45, 7) is 11.1. The van der Waals surface area contributed by atoms with E-state index in [0.717, 1.165) is 11.1 Å². The lowest BCUT2D eigenvalue weighted by Gasteiger charge is -2.48. The fraction of sp³-hybridized carbons (Fsp3) is 0.538. The fourth-order valence-electron chi connectivity index (χ4n) is 3.60. The molecule has 2 aromatic rings. The molecule has 2 aromatic carbocycles. The van der Waals surface area contributed by atoms with Crippen molar-refractivity contribution in [2.75, 3.05) is 6.61 Å². The number of hydrogen-bond donors (Lipinski definition) is 2. The Balaban J connectivity index is 1.87. The Labute approximate surface area is 198 Å². The first kappa shape index (κ1) is 26.0. The van der Waals surface area contributed by atoms with Crippen molar-refractivity contribution in [3.8, 4) is 0 Å². The first-order valence-electron chi connectivity index (χ1n) is 11.6. The minimum atomic E-state index is -2.25. The third-order valence-electron chi connectivity index (χ3n) is 6.60. The highest BCUT2D eigenvalue weighted by atomic mass is 28.4. The van der Waals surface area contributed by atoms with Crippen molar-refractivity contribution in [1.29, 1.82) is 0 Å². The summed E-state index contributed by atoms with van der Waals surface area (Å²) in [5.74, 6) is 0. The van der Waals surface area contributed by atoms with Crippen molar-refractivity contribution in [2.24, 2.45) is 0 Å². The van der Waals surface area contributed by atoms with Gasteiger partial charge in [0.15, 0.2) is 14.6 Å². The van der Waals surface area contributed by atoms with Crippen LogP contribution in [0.4, 0.5) is 0 Å². The molecule has 2 N–H and O–H groups in total. The maximum Gasteiger partial charge on any atom is 0.192 e. The highest BCUT2D eigenvalue weighted by Crippen LogP contribution is 2.40. The molecule has 0 saturated carbocycles. The second-order valence-electron chi connectivity index (χ2n) is 10.1. The molecule has 1 aliphatic heterocycles. The zero-order valence-corrected chi connectivity index (χ0v) is 21.3. The van der Waals surface area contributed by atoms with Gasteiger partial charge in [-0.1, -0.05) is 81.4 Å². The van der Waals surface area contributed by atoms with Gasteiger partial charge in [0, 0.05) is 0 Å². The maximum atomic E-state index is 10.8. The van der Waals surface area contributed by atoms with Gasteiger partial charge in [-0.3, -0.25) is 0 Å². The lowest BCUT2D eigenvalue weighted by Crippen LogP contribution is -2.63. The summed E-state index contributed by atoms with van der Waals surface area (Å²) in [6.07, 6.45) is -3.93. The Hall–Kier alpha value is -1.58. The molecule has 5 atom stereocenters. The molecule has 1 aliphatic rings. The first-order chi connectivity index (χ1) is 15.6. The molecule has 1 heterocycles. The van der Waals surface area contributed by atoms with Gasteiger partial charge in [-0.05, 0) is 29.3 Å². The van der Waals surface area contributed by atoms with Crippen molar-refractivity contribution in [1.82, 2.24) is 0 Å². The van der Waals surface area contributed by atoms with Crippen molar-refractivity contribution in [3.63, 3.8) is 0 Å². The van der Waals surface area contributed by atoms with E-state index < -0.39 is 39.0 Å². The van der Waals surface area contributed by atoms with E-state index in [2.05, 4.69) is 33.9 Å². The van der Waals surface area contributed by atoms with E-state index in [9.17, 15) is 10.2 Å². The van der Waals surface area contributed by atoms with Crippen LogP contribution in [0.15, 0.2) is 60.7 Å². The highest BCUT2D eigenvalue weighted by Gasteiger charge is 2.51. The summed E-state index contributed by atoms with van der Waals surface area (Å²) in [7, 11) is -2.25. The maximum absolute atomic E-state index is 10.8. The molecule has 7 heteroatoms. The van der Waals surface area contributed by atoms with Crippen molar-refractivity contribution < 1.29 is 28.8 Å². The van der Waals surface area contributed by atoms with Crippen molar-refractivity contribution in [3.05, 3.63) is 71.8 Å². The summed E-state index contributed by atoms with van der Waals surface area (Å²) in [6, 6.07) is 19.6. The molecule has 0 aliphatic carbocycles. The minimum absolute atomic E-state index is 0.0482. The molecule has 0 unspecified atom stereocenters. The molecule has 3 rings (SSSR count). The molecule has 0 radical (unpaired) electrons. The monoisotopic (exact) mass is 474 g/mol. The van der Waals surface area contributed by atoms with E-state index in [4.69, 9.17) is 18.6 Å².